The van der Waals surface area contributed by atoms with Crippen molar-refractivity contribution in [1.29, 1.82) is 0 Å². The second kappa shape index (κ2) is 2.83. The molecule has 0 rings (SSSR count). The molecule has 0 aliphatic heterocycles. The molecule has 0 aliphatic rings. The molecule has 0 saturated heterocycles. The second-order valence-electron chi connectivity index (χ2n) is 0.540. The summed E-state index contributed by atoms with van der Waals surface area (Å²) in [5.74, 6) is 0. The Balaban J connectivity index is 0. The van der Waals surface area contributed by atoms with E-state index in [0.717, 1.165) is 0 Å². The molecule has 0 spiro atoms. The molecular weight excluding hydrogens is 158 g/mol. The first kappa shape index (κ1) is 9.88. The molecule has 0 heterocycles. The summed E-state index contributed by atoms with van der Waals surface area (Å²) in [5, 5.41) is 0. The molecule has 2 N–H and O–H groups in total. The van der Waals surface area contributed by atoms with Crippen LogP contribution in [-0.2, 0) is 24.0 Å². The van der Waals surface area contributed by atoms with Gasteiger partial charge in [0.2, 0.25) is 0 Å². The zero-order chi connectivity index (χ0) is 4.50. The van der Waals surface area contributed by atoms with E-state index in [2.05, 4.69) is 5.50 Å². The monoisotopic (exact) mass is 159 g/mol. The molecule has 0 aromatic carbocycles. The molecule has 0 aromatic rings. The third-order valence-corrected chi connectivity index (χ3v) is 0. The van der Waals surface area contributed by atoms with Crippen molar-refractivity contribution in [2.75, 3.05) is 0 Å². The summed E-state index contributed by atoms with van der Waals surface area (Å²) in [6.07, 6.45) is 0. The normalized spacial score (nSPS) is 9.83. The first-order valence-electron chi connectivity index (χ1n) is 0.806. The molecule has 0 radical (unpaired) electrons. The Labute approximate surface area is 47.7 Å². The zero-order valence-corrected chi connectivity index (χ0v) is 6.82. The van der Waals surface area contributed by atoms with Crippen LogP contribution in [0.1, 0.15) is 0 Å². The van der Waals surface area contributed by atoms with E-state index in [-0.39, 0.29) is 19.5 Å². The van der Waals surface area contributed by atoms with Gasteiger partial charge in [-0.25, -0.2) is 0 Å². The van der Waals surface area contributed by atoms with Crippen molar-refractivity contribution in [1.82, 2.24) is 0 Å². The Morgan fingerprint density at radius 3 is 1.50 bits per heavy atom. The number of rotatable bonds is 0. The zero-order valence-electron chi connectivity index (χ0n) is 2.96. The second-order valence-corrected chi connectivity index (χ2v) is 1.62. The smallest absolute Gasteiger partial charge is 0.799 e. The SMILES string of the molecule is NP(=O)([O-])[O-].[Zn+2]. The van der Waals surface area contributed by atoms with Gasteiger partial charge < -0.3 is 19.9 Å². The fourth-order valence-corrected chi connectivity index (χ4v) is 0. The summed E-state index contributed by atoms with van der Waals surface area (Å²) >= 11 is 0. The molecule has 0 bridgehead atoms. The van der Waals surface area contributed by atoms with Crippen LogP contribution in [0.4, 0.5) is 0 Å². The van der Waals surface area contributed by atoms with Gasteiger partial charge in [0, 0.05) is 0 Å². The number of nitrogens with two attached hydrogens (primary N) is 1. The van der Waals surface area contributed by atoms with Crippen molar-refractivity contribution in [3.05, 3.63) is 0 Å². The van der Waals surface area contributed by atoms with Crippen LogP contribution in [0.3, 0.4) is 0 Å². The van der Waals surface area contributed by atoms with Crippen molar-refractivity contribution >= 4 is 7.75 Å². The number of hydrogen-bond donors (Lipinski definition) is 1. The minimum Gasteiger partial charge on any atom is -0.799 e. The van der Waals surface area contributed by atoms with E-state index in [4.69, 9.17) is 14.4 Å². The van der Waals surface area contributed by atoms with Crippen LogP contribution >= 0.6 is 7.75 Å². The van der Waals surface area contributed by atoms with Crippen LogP contribution in [0.25, 0.3) is 0 Å². The van der Waals surface area contributed by atoms with E-state index in [1.54, 1.807) is 0 Å². The van der Waals surface area contributed by atoms with Crippen molar-refractivity contribution < 1.29 is 33.8 Å². The maximum absolute atomic E-state index is 8.88. The van der Waals surface area contributed by atoms with E-state index in [0.29, 0.717) is 0 Å². The Kier molecular flexibility index (Phi) is 4.66. The molecular formula is H2NO3PZn. The van der Waals surface area contributed by atoms with E-state index in [1.807, 2.05) is 0 Å². The minimum absolute atomic E-state index is 0. The first-order chi connectivity index (χ1) is 2.00. The number of hydrogen-bond acceptors (Lipinski definition) is 3. The van der Waals surface area contributed by atoms with Gasteiger partial charge in [-0.15, -0.1) is 0 Å². The molecule has 0 unspecified atom stereocenters. The van der Waals surface area contributed by atoms with Gasteiger partial charge in [-0.3, -0.25) is 0 Å². The van der Waals surface area contributed by atoms with Gasteiger partial charge in [0.05, 0.1) is 0 Å². The van der Waals surface area contributed by atoms with Gasteiger partial charge >= 0.3 is 19.5 Å². The standard InChI is InChI=1S/H4NO3P.Zn/c1-5(2,3)4;/h(H4,1,2,3,4);/q;+2/p-2. The van der Waals surface area contributed by atoms with E-state index >= 15 is 0 Å². The molecule has 0 fully saturated rings. The van der Waals surface area contributed by atoms with Crippen LogP contribution < -0.4 is 15.3 Å². The molecule has 4 nitrogen and oxygen atoms in total. The predicted molar refractivity (Wildman–Crippen MR) is 11.8 cm³/mol. The van der Waals surface area contributed by atoms with Crippen LogP contribution in [0.15, 0.2) is 0 Å². The van der Waals surface area contributed by atoms with E-state index < -0.39 is 7.75 Å². The van der Waals surface area contributed by atoms with Gasteiger partial charge in [0.15, 0.2) is 0 Å². The van der Waals surface area contributed by atoms with Gasteiger partial charge in [0.25, 0.3) is 0 Å². The molecule has 0 amide bonds. The van der Waals surface area contributed by atoms with Crippen molar-refractivity contribution in [3.8, 4) is 0 Å². The Bertz CT molecular complexity index is 56.9. The van der Waals surface area contributed by atoms with E-state index in [9.17, 15) is 0 Å². The molecule has 0 aliphatic carbocycles. The Morgan fingerprint density at radius 2 is 1.50 bits per heavy atom. The van der Waals surface area contributed by atoms with Gasteiger partial charge in [-0.2, -0.15) is 0 Å². The van der Waals surface area contributed by atoms with Gasteiger partial charge in [0.1, 0.15) is 0 Å². The molecule has 6 heteroatoms. The minimum atomic E-state index is -4.64. The Morgan fingerprint density at radius 1 is 1.50 bits per heavy atom. The summed E-state index contributed by atoms with van der Waals surface area (Å²) in [5.41, 5.74) is 3.80. The molecule has 0 aromatic heterocycles. The van der Waals surface area contributed by atoms with Crippen molar-refractivity contribution in [2.45, 2.75) is 0 Å². The van der Waals surface area contributed by atoms with Gasteiger partial charge in [-0.05, 0) is 7.75 Å². The van der Waals surface area contributed by atoms with Crippen LogP contribution in [0.5, 0.6) is 0 Å². The predicted octanol–water partition coefficient (Wildman–Crippen LogP) is -2.23. The molecule has 0 saturated carbocycles. The molecule has 6 heavy (non-hydrogen) atoms. The van der Waals surface area contributed by atoms with Crippen molar-refractivity contribution in [3.63, 3.8) is 0 Å². The molecule has 0 atom stereocenters. The first-order valence-corrected chi connectivity index (χ1v) is 2.42. The summed E-state index contributed by atoms with van der Waals surface area (Å²) < 4.78 is 8.88. The maximum Gasteiger partial charge on any atom is 2.00 e. The van der Waals surface area contributed by atoms with E-state index in [1.165, 1.54) is 0 Å². The topological polar surface area (TPSA) is 89.2 Å². The average Bonchev–Trinajstić information content (AvgIpc) is 0.722. The van der Waals surface area contributed by atoms with Gasteiger partial charge in [-0.1, -0.05) is 0 Å². The summed E-state index contributed by atoms with van der Waals surface area (Å²) in [4.78, 5) is 17.8. The van der Waals surface area contributed by atoms with Crippen LogP contribution in [0.2, 0.25) is 0 Å². The average molecular weight is 160 g/mol. The summed E-state index contributed by atoms with van der Waals surface area (Å²) in [6.45, 7) is 0. The fraction of sp³-hybridized carbons (Fsp3) is 0. The Hall–Kier alpha value is 0.733. The fourth-order valence-electron chi connectivity index (χ4n) is 0. The maximum atomic E-state index is 8.88. The summed E-state index contributed by atoms with van der Waals surface area (Å²) in [6, 6.07) is 0. The van der Waals surface area contributed by atoms with Crippen LogP contribution in [-0.4, -0.2) is 0 Å². The summed E-state index contributed by atoms with van der Waals surface area (Å²) in [7, 11) is -4.64. The third kappa shape index (κ3) is 123. The largest absolute Gasteiger partial charge is 2.00 e. The third-order valence-electron chi connectivity index (χ3n) is 0. The van der Waals surface area contributed by atoms with Crippen LogP contribution in [0, 0.1) is 0 Å². The quantitative estimate of drug-likeness (QED) is 0.321. The molecule has 32 valence electrons. The van der Waals surface area contributed by atoms with Crippen molar-refractivity contribution in [2.24, 2.45) is 5.50 Å².